The highest BCUT2D eigenvalue weighted by atomic mass is 16.3. The van der Waals surface area contributed by atoms with E-state index in [1.54, 1.807) is 0 Å². The molecule has 9 aromatic rings. The molecule has 5 heterocycles. The summed E-state index contributed by atoms with van der Waals surface area (Å²) in [5, 5.41) is 4.57. The van der Waals surface area contributed by atoms with E-state index < -0.39 is 0 Å². The topological polar surface area (TPSA) is 32.8 Å². The number of hydrogen-bond donors (Lipinski definition) is 0. The van der Waals surface area contributed by atoms with E-state index in [9.17, 15) is 0 Å². The van der Waals surface area contributed by atoms with Crippen LogP contribution in [-0.4, -0.2) is 6.85 Å². The van der Waals surface area contributed by atoms with Gasteiger partial charge in [0, 0.05) is 61.3 Å². The quantitative estimate of drug-likeness (QED) is 0.156. The molecule has 280 valence electrons. The molecule has 0 spiro atoms. The molecule has 13 rings (SSSR count). The van der Waals surface area contributed by atoms with Crippen LogP contribution in [0.3, 0.4) is 0 Å². The van der Waals surface area contributed by atoms with Gasteiger partial charge in [-0.3, -0.25) is 0 Å². The molecule has 0 bridgehead atoms. The Morgan fingerprint density at radius 1 is 0.517 bits per heavy atom. The summed E-state index contributed by atoms with van der Waals surface area (Å²) in [4.78, 5) is 5.25. The van der Waals surface area contributed by atoms with Crippen molar-refractivity contribution < 1.29 is 8.83 Å². The lowest BCUT2D eigenvalue weighted by atomic mass is 9.42. The number of furan rings is 2. The Morgan fingerprint density at radius 2 is 1.21 bits per heavy atom. The van der Waals surface area contributed by atoms with Gasteiger partial charge in [0.1, 0.15) is 22.3 Å². The number of fused-ring (bicyclic) bond motifs is 14. The van der Waals surface area contributed by atoms with Gasteiger partial charge < -0.3 is 18.5 Å². The van der Waals surface area contributed by atoms with Gasteiger partial charge >= 0.3 is 6.85 Å². The van der Waals surface area contributed by atoms with E-state index in [0.29, 0.717) is 0 Å². The third-order valence-corrected chi connectivity index (χ3v) is 14.7. The highest BCUT2D eigenvalue weighted by Gasteiger charge is 2.51. The van der Waals surface area contributed by atoms with E-state index in [4.69, 9.17) is 8.83 Å². The minimum absolute atomic E-state index is 0.0537. The van der Waals surface area contributed by atoms with Crippen molar-refractivity contribution in [2.75, 3.05) is 9.71 Å². The van der Waals surface area contributed by atoms with Crippen molar-refractivity contribution in [1.29, 1.82) is 0 Å². The van der Waals surface area contributed by atoms with Gasteiger partial charge in [0.2, 0.25) is 0 Å². The number of hydrogen-bond acceptors (Lipinski definition) is 4. The van der Waals surface area contributed by atoms with E-state index in [2.05, 4.69) is 179 Å². The third kappa shape index (κ3) is 3.97. The van der Waals surface area contributed by atoms with Crippen LogP contribution in [0.4, 0.5) is 28.4 Å². The van der Waals surface area contributed by atoms with Gasteiger partial charge in [-0.1, -0.05) is 120 Å². The van der Waals surface area contributed by atoms with E-state index in [1.165, 1.54) is 79.2 Å². The smallest absolute Gasteiger partial charge is 0.333 e. The molecular formula is C53H43BN2O2. The number of rotatable bonds is 1. The van der Waals surface area contributed by atoms with Crippen molar-refractivity contribution in [3.8, 4) is 11.1 Å². The van der Waals surface area contributed by atoms with Gasteiger partial charge in [0.05, 0.1) is 5.69 Å². The van der Waals surface area contributed by atoms with Crippen LogP contribution in [0.15, 0.2) is 136 Å². The molecule has 0 saturated carbocycles. The number of benzene rings is 7. The van der Waals surface area contributed by atoms with Gasteiger partial charge in [0.15, 0.2) is 0 Å². The number of para-hydroxylation sites is 4. The van der Waals surface area contributed by atoms with Crippen molar-refractivity contribution in [3.63, 3.8) is 0 Å². The molecule has 58 heavy (non-hydrogen) atoms. The zero-order chi connectivity index (χ0) is 39.0. The first-order valence-electron chi connectivity index (χ1n) is 20.9. The summed E-state index contributed by atoms with van der Waals surface area (Å²) in [5.41, 5.74) is 20.3. The second-order valence-corrected chi connectivity index (χ2v) is 19.1. The highest BCUT2D eigenvalue weighted by molar-refractivity contribution is 6.94. The Morgan fingerprint density at radius 3 is 2.03 bits per heavy atom. The van der Waals surface area contributed by atoms with Gasteiger partial charge in [-0.25, -0.2) is 0 Å². The molecule has 0 amide bonds. The van der Waals surface area contributed by atoms with E-state index >= 15 is 0 Å². The molecule has 0 N–H and O–H groups in total. The maximum Gasteiger partial charge on any atom is 0.333 e. The lowest BCUT2D eigenvalue weighted by Gasteiger charge is -2.50. The Hall–Kier alpha value is -6.20. The molecule has 4 nitrogen and oxygen atoms in total. The van der Waals surface area contributed by atoms with E-state index in [-0.39, 0.29) is 23.1 Å². The molecule has 1 aliphatic carbocycles. The minimum atomic E-state index is -0.205. The average molecular weight is 751 g/mol. The summed E-state index contributed by atoms with van der Waals surface area (Å²) in [7, 11) is 0. The second kappa shape index (κ2) is 10.6. The van der Waals surface area contributed by atoms with Crippen LogP contribution < -0.4 is 20.6 Å². The molecule has 7 aromatic carbocycles. The van der Waals surface area contributed by atoms with Crippen molar-refractivity contribution in [3.05, 3.63) is 150 Å². The summed E-state index contributed by atoms with van der Waals surface area (Å²) < 4.78 is 13.6. The Bertz CT molecular complexity index is 3310. The van der Waals surface area contributed by atoms with Crippen LogP contribution in [0.2, 0.25) is 0 Å². The van der Waals surface area contributed by atoms with Crippen molar-refractivity contribution in [2.24, 2.45) is 0 Å². The van der Waals surface area contributed by atoms with Crippen LogP contribution in [-0.2, 0) is 16.2 Å². The van der Waals surface area contributed by atoms with Crippen molar-refractivity contribution in [1.82, 2.24) is 0 Å². The highest BCUT2D eigenvalue weighted by Crippen LogP contribution is 2.57. The maximum absolute atomic E-state index is 6.88. The molecule has 0 fully saturated rings. The molecule has 3 aliphatic heterocycles. The molecule has 0 radical (unpaired) electrons. The predicted molar refractivity (Wildman–Crippen MR) is 242 cm³/mol. The molecule has 2 aromatic heterocycles. The number of nitrogens with zero attached hydrogens (tertiary/aromatic N) is 2. The second-order valence-electron chi connectivity index (χ2n) is 19.1. The van der Waals surface area contributed by atoms with Crippen LogP contribution in [0, 0.1) is 0 Å². The third-order valence-electron chi connectivity index (χ3n) is 14.7. The summed E-state index contributed by atoms with van der Waals surface area (Å²) in [6.07, 6.45) is 2.34. The molecule has 0 unspecified atom stereocenters. The Labute approximate surface area is 338 Å². The fraction of sp³-hybridized carbons (Fsp3) is 0.208. The summed E-state index contributed by atoms with van der Waals surface area (Å²) in [6, 6.07) is 47.6. The fourth-order valence-electron chi connectivity index (χ4n) is 11.6. The van der Waals surface area contributed by atoms with Crippen LogP contribution in [0.5, 0.6) is 0 Å². The molecule has 0 atom stereocenters. The first-order valence-corrected chi connectivity index (χ1v) is 20.9. The zero-order valence-electron chi connectivity index (χ0n) is 33.8. The van der Waals surface area contributed by atoms with E-state index in [0.717, 1.165) is 50.3 Å². The lowest BCUT2D eigenvalue weighted by Crippen LogP contribution is -2.62. The fourth-order valence-corrected chi connectivity index (χ4v) is 11.6. The molecular weight excluding hydrogens is 707 g/mol. The van der Waals surface area contributed by atoms with Gasteiger partial charge in [-0.15, -0.1) is 0 Å². The molecule has 5 heteroatoms. The minimum Gasteiger partial charge on any atom is -0.456 e. The molecule has 4 aliphatic rings. The van der Waals surface area contributed by atoms with Crippen molar-refractivity contribution in [2.45, 2.75) is 70.6 Å². The van der Waals surface area contributed by atoms with E-state index in [1.807, 2.05) is 0 Å². The predicted octanol–water partition coefficient (Wildman–Crippen LogP) is 13.2. The number of anilines is 5. The van der Waals surface area contributed by atoms with Crippen LogP contribution >= 0.6 is 0 Å². The molecule has 0 saturated heterocycles. The zero-order valence-corrected chi connectivity index (χ0v) is 33.8. The first kappa shape index (κ1) is 32.8. The van der Waals surface area contributed by atoms with Crippen LogP contribution in [0.25, 0.3) is 55.0 Å². The SMILES string of the molecule is CC1(C)CCC(C)(C)c2cc(N3B4c5cccc6c5N(c5ccccc5C6(C)C)c5cc6oc7ccccc7c6c(c54)-c4cc5oc6ccccc6c5cc43)ccc21. The largest absolute Gasteiger partial charge is 0.456 e. The Kier molecular flexibility index (Phi) is 6.03. The maximum atomic E-state index is 6.88. The standard InChI is InChI=1S/C53H43BN2O2/c1-51(2)24-25-52(3,4)38-26-30(22-23-35(38)51)56-41-27-33-31-14-7-11-20-43(31)57-45(33)28-34(41)48-47-32-15-8-12-21-44(32)58-46(47)29-42-49(48)54(56)39-18-13-17-37-50(39)55(42)40-19-10-9-16-36(40)53(37,5)6/h7-23,26-29H,24-25H2,1-6H3. The van der Waals surface area contributed by atoms with Crippen molar-refractivity contribution >= 4 is 90.1 Å². The average Bonchev–Trinajstić information content (AvgIpc) is 3.79. The van der Waals surface area contributed by atoms with Crippen LogP contribution in [0.1, 0.15) is 76.6 Å². The summed E-state index contributed by atoms with van der Waals surface area (Å²) in [5.74, 6) is 0. The summed E-state index contributed by atoms with van der Waals surface area (Å²) in [6.45, 7) is 14.4. The monoisotopic (exact) mass is 750 g/mol. The van der Waals surface area contributed by atoms with Gasteiger partial charge in [-0.2, -0.15) is 0 Å². The lowest BCUT2D eigenvalue weighted by molar-refractivity contribution is 0.332. The summed E-state index contributed by atoms with van der Waals surface area (Å²) >= 11 is 0. The first-order chi connectivity index (χ1) is 28.0. The van der Waals surface area contributed by atoms with Gasteiger partial charge in [0.25, 0.3) is 0 Å². The normalized spacial score (nSPS) is 17.7. The van der Waals surface area contributed by atoms with Gasteiger partial charge in [-0.05, 0) is 105 Å². The Balaban J connectivity index is 1.23.